The molecule has 1 unspecified atom stereocenters. The fraction of sp³-hybridized carbons (Fsp3) is 0.200. The standard InChI is InChI=1S/C15H12N4O3S/c20-14(8-1-2-9-13(3-8)23-7-18-9)19-5-11-10(16-6-17-11)4-12(19)15(21)22/h1-3,6-7,12H,4-5H2,(H,16,17)(H,21,22). The van der Waals surface area contributed by atoms with Crippen molar-refractivity contribution in [1.29, 1.82) is 0 Å². The van der Waals surface area contributed by atoms with E-state index in [9.17, 15) is 14.7 Å². The van der Waals surface area contributed by atoms with Crippen LogP contribution in [0.15, 0.2) is 30.0 Å². The highest BCUT2D eigenvalue weighted by atomic mass is 32.1. The third kappa shape index (κ3) is 2.27. The normalized spacial score (nSPS) is 17.2. The lowest BCUT2D eigenvalue weighted by Crippen LogP contribution is -2.48. The van der Waals surface area contributed by atoms with Crippen LogP contribution in [0.1, 0.15) is 21.7 Å². The number of thiazole rings is 1. The second-order valence-corrected chi connectivity index (χ2v) is 6.24. The zero-order chi connectivity index (χ0) is 16.0. The largest absolute Gasteiger partial charge is 0.480 e. The summed E-state index contributed by atoms with van der Waals surface area (Å²) in [5.41, 5.74) is 4.51. The molecule has 116 valence electrons. The summed E-state index contributed by atoms with van der Waals surface area (Å²) in [4.78, 5) is 37.1. The zero-order valence-corrected chi connectivity index (χ0v) is 12.7. The summed E-state index contributed by atoms with van der Waals surface area (Å²) in [5, 5.41) is 9.47. The summed E-state index contributed by atoms with van der Waals surface area (Å²) in [7, 11) is 0. The molecular formula is C15H12N4O3S. The fourth-order valence-electron chi connectivity index (χ4n) is 2.82. The van der Waals surface area contributed by atoms with Gasteiger partial charge >= 0.3 is 5.97 Å². The Morgan fingerprint density at radius 2 is 2.22 bits per heavy atom. The molecule has 1 atom stereocenters. The minimum absolute atomic E-state index is 0.211. The molecule has 0 fully saturated rings. The van der Waals surface area contributed by atoms with Gasteiger partial charge < -0.3 is 15.0 Å². The van der Waals surface area contributed by atoms with Crippen LogP contribution in [-0.2, 0) is 17.8 Å². The number of carboxylic acid groups (broad SMARTS) is 1. The van der Waals surface area contributed by atoms with E-state index < -0.39 is 12.0 Å². The lowest BCUT2D eigenvalue weighted by molar-refractivity contribution is -0.142. The second-order valence-electron chi connectivity index (χ2n) is 5.35. The Morgan fingerprint density at radius 1 is 1.35 bits per heavy atom. The van der Waals surface area contributed by atoms with Crippen LogP contribution in [0.25, 0.3) is 10.2 Å². The first kappa shape index (κ1) is 13.9. The van der Waals surface area contributed by atoms with Gasteiger partial charge in [-0.2, -0.15) is 0 Å². The maximum atomic E-state index is 12.8. The summed E-state index contributed by atoms with van der Waals surface area (Å²) in [6, 6.07) is 4.32. The molecule has 1 aliphatic heterocycles. The summed E-state index contributed by atoms with van der Waals surface area (Å²) >= 11 is 1.45. The molecule has 0 saturated carbocycles. The van der Waals surface area contributed by atoms with E-state index in [4.69, 9.17) is 0 Å². The highest BCUT2D eigenvalue weighted by molar-refractivity contribution is 7.16. The Balaban J connectivity index is 1.71. The maximum absolute atomic E-state index is 12.8. The Labute approximate surface area is 134 Å². The first-order valence-corrected chi connectivity index (χ1v) is 7.89. The van der Waals surface area contributed by atoms with Crippen LogP contribution in [0.2, 0.25) is 0 Å². The van der Waals surface area contributed by atoms with E-state index in [0.717, 1.165) is 15.9 Å². The summed E-state index contributed by atoms with van der Waals surface area (Å²) in [6.45, 7) is 0.214. The number of carbonyl (C=O) groups is 2. The number of benzene rings is 1. The van der Waals surface area contributed by atoms with Gasteiger partial charge in [-0.1, -0.05) is 0 Å². The molecule has 2 aromatic heterocycles. The van der Waals surface area contributed by atoms with Gasteiger partial charge in [0.2, 0.25) is 0 Å². The Bertz CT molecular complexity index is 916. The zero-order valence-electron chi connectivity index (χ0n) is 11.9. The van der Waals surface area contributed by atoms with E-state index >= 15 is 0 Å². The summed E-state index contributed by atoms with van der Waals surface area (Å²) in [6.07, 6.45) is 1.74. The molecular weight excluding hydrogens is 316 g/mol. The number of H-pyrrole nitrogens is 1. The molecule has 0 bridgehead atoms. The van der Waals surface area contributed by atoms with Gasteiger partial charge in [-0.15, -0.1) is 11.3 Å². The van der Waals surface area contributed by atoms with Crippen molar-refractivity contribution in [3.05, 3.63) is 47.0 Å². The smallest absolute Gasteiger partial charge is 0.326 e. The number of hydrogen-bond donors (Lipinski definition) is 2. The number of imidazole rings is 1. The predicted molar refractivity (Wildman–Crippen MR) is 83.2 cm³/mol. The molecule has 1 amide bonds. The van der Waals surface area contributed by atoms with E-state index in [-0.39, 0.29) is 18.9 Å². The third-order valence-corrected chi connectivity index (χ3v) is 4.81. The van der Waals surface area contributed by atoms with Gasteiger partial charge in [0.25, 0.3) is 5.91 Å². The topological polar surface area (TPSA) is 99.2 Å². The molecule has 3 aromatic rings. The van der Waals surface area contributed by atoms with E-state index in [1.807, 2.05) is 0 Å². The minimum Gasteiger partial charge on any atom is -0.480 e. The molecule has 1 aromatic carbocycles. The van der Waals surface area contributed by atoms with Crippen LogP contribution in [-0.4, -0.2) is 42.9 Å². The number of nitrogens with zero attached hydrogens (tertiary/aromatic N) is 3. The Hall–Kier alpha value is -2.74. The van der Waals surface area contributed by atoms with E-state index in [1.165, 1.54) is 22.6 Å². The molecule has 8 heteroatoms. The van der Waals surface area contributed by atoms with Crippen molar-refractivity contribution >= 4 is 33.4 Å². The van der Waals surface area contributed by atoms with Crippen molar-refractivity contribution < 1.29 is 14.7 Å². The molecule has 7 nitrogen and oxygen atoms in total. The second kappa shape index (κ2) is 5.17. The molecule has 0 aliphatic carbocycles. The molecule has 23 heavy (non-hydrogen) atoms. The first-order chi connectivity index (χ1) is 11.1. The Morgan fingerprint density at radius 3 is 3.04 bits per heavy atom. The molecule has 0 spiro atoms. The maximum Gasteiger partial charge on any atom is 0.326 e. The number of aliphatic carboxylic acids is 1. The van der Waals surface area contributed by atoms with Crippen molar-refractivity contribution in [3.63, 3.8) is 0 Å². The number of carboxylic acids is 1. The highest BCUT2D eigenvalue weighted by Crippen LogP contribution is 2.25. The van der Waals surface area contributed by atoms with Crippen molar-refractivity contribution in [1.82, 2.24) is 19.9 Å². The van der Waals surface area contributed by atoms with E-state index in [0.29, 0.717) is 11.3 Å². The van der Waals surface area contributed by atoms with Crippen LogP contribution in [0.3, 0.4) is 0 Å². The van der Waals surface area contributed by atoms with Crippen LogP contribution >= 0.6 is 11.3 Å². The number of aromatic nitrogens is 3. The Kier molecular flexibility index (Phi) is 3.12. The van der Waals surface area contributed by atoms with Gasteiger partial charge in [0.15, 0.2) is 0 Å². The quantitative estimate of drug-likeness (QED) is 0.745. The van der Waals surface area contributed by atoms with Gasteiger partial charge in [0, 0.05) is 12.0 Å². The number of hydrogen-bond acceptors (Lipinski definition) is 5. The van der Waals surface area contributed by atoms with Crippen molar-refractivity contribution in [2.45, 2.75) is 19.0 Å². The number of aromatic amines is 1. The van der Waals surface area contributed by atoms with E-state index in [2.05, 4.69) is 15.0 Å². The van der Waals surface area contributed by atoms with Gasteiger partial charge in [-0.25, -0.2) is 14.8 Å². The molecule has 3 heterocycles. The summed E-state index contributed by atoms with van der Waals surface area (Å²) < 4.78 is 0.905. The highest BCUT2D eigenvalue weighted by Gasteiger charge is 2.36. The first-order valence-electron chi connectivity index (χ1n) is 7.01. The van der Waals surface area contributed by atoms with Gasteiger partial charge in [0.05, 0.1) is 40.0 Å². The number of nitrogens with one attached hydrogen (secondary N) is 1. The lowest BCUT2D eigenvalue weighted by Gasteiger charge is -2.32. The van der Waals surface area contributed by atoms with Crippen LogP contribution in [0.5, 0.6) is 0 Å². The average molecular weight is 328 g/mol. The van der Waals surface area contributed by atoms with Gasteiger partial charge in [-0.3, -0.25) is 4.79 Å². The molecule has 0 radical (unpaired) electrons. The summed E-state index contributed by atoms with van der Waals surface area (Å²) in [5.74, 6) is -1.32. The number of fused-ring (bicyclic) bond motifs is 2. The number of amides is 1. The monoisotopic (exact) mass is 328 g/mol. The fourth-order valence-corrected chi connectivity index (χ4v) is 3.54. The van der Waals surface area contributed by atoms with Crippen LogP contribution < -0.4 is 0 Å². The average Bonchev–Trinajstić information content (AvgIpc) is 3.20. The number of rotatable bonds is 2. The SMILES string of the molecule is O=C(O)C1Cc2nc[nH]c2CN1C(=O)c1ccc2ncsc2c1. The molecule has 4 rings (SSSR count). The van der Waals surface area contributed by atoms with Gasteiger partial charge in [-0.05, 0) is 18.2 Å². The van der Waals surface area contributed by atoms with Crippen LogP contribution in [0.4, 0.5) is 0 Å². The van der Waals surface area contributed by atoms with Crippen LogP contribution in [0, 0.1) is 0 Å². The predicted octanol–water partition coefficient (Wildman–Crippen LogP) is 1.67. The van der Waals surface area contributed by atoms with Gasteiger partial charge in [0.1, 0.15) is 6.04 Å². The molecule has 0 saturated heterocycles. The molecule has 2 N–H and O–H groups in total. The number of carbonyl (C=O) groups excluding carboxylic acids is 1. The van der Waals surface area contributed by atoms with Crippen molar-refractivity contribution in [2.24, 2.45) is 0 Å². The minimum atomic E-state index is -1.02. The van der Waals surface area contributed by atoms with Crippen molar-refractivity contribution in [2.75, 3.05) is 0 Å². The lowest BCUT2D eigenvalue weighted by atomic mass is 10.0. The van der Waals surface area contributed by atoms with Crippen molar-refractivity contribution in [3.8, 4) is 0 Å². The van der Waals surface area contributed by atoms with E-state index in [1.54, 1.807) is 23.7 Å². The third-order valence-electron chi connectivity index (χ3n) is 4.02. The molecule has 1 aliphatic rings.